The number of hydrogen-bond acceptors (Lipinski definition) is 2. The number of carbonyl (C=O) groups excluding carboxylic acids is 1. The molecule has 0 bridgehead atoms. The third kappa shape index (κ3) is 2.66. The number of rotatable bonds is 1. The Morgan fingerprint density at radius 1 is 1.67 bits per heavy atom. The Labute approximate surface area is 95.4 Å². The summed E-state index contributed by atoms with van der Waals surface area (Å²) in [6.07, 6.45) is 7.01. The molecule has 60 valence electrons. The Kier molecular flexibility index (Phi) is 5.28. The van der Waals surface area contributed by atoms with Crippen molar-refractivity contribution in [1.29, 1.82) is 0 Å². The van der Waals surface area contributed by atoms with Crippen molar-refractivity contribution in [1.82, 2.24) is 0 Å². The Morgan fingerprint density at radius 2 is 2.33 bits per heavy atom. The molecule has 0 heterocycles. The fourth-order valence-electron chi connectivity index (χ4n) is 0.787. The summed E-state index contributed by atoms with van der Waals surface area (Å²) in [7, 11) is 0. The first-order valence-electron chi connectivity index (χ1n) is 3.26. The van der Waals surface area contributed by atoms with E-state index in [9.17, 15) is 4.79 Å². The molecule has 0 unspecified atom stereocenters. The molecule has 0 saturated heterocycles. The van der Waals surface area contributed by atoms with Crippen molar-refractivity contribution < 1.29 is 41.0 Å². The SMILES string of the molecule is [CH2-]CC1=CC(=CO)C(=O)C=[C-]1.[U+2]. The van der Waals surface area contributed by atoms with Gasteiger partial charge in [-0.15, -0.1) is 6.08 Å². The number of hydrogen-bond donors (Lipinski definition) is 1. The number of aliphatic hydroxyl groups is 1. The van der Waals surface area contributed by atoms with Crippen LogP contribution in [-0.2, 0) is 4.79 Å². The Hall–Kier alpha value is -0.258. The van der Waals surface area contributed by atoms with Gasteiger partial charge in [0, 0.05) is 0 Å². The minimum absolute atomic E-state index is 0. The first-order valence-corrected chi connectivity index (χ1v) is 3.26. The smallest absolute Gasteiger partial charge is 0.517 e. The first kappa shape index (κ1) is 11.7. The predicted molar refractivity (Wildman–Crippen MR) is 41.6 cm³/mol. The quantitative estimate of drug-likeness (QED) is 0.422. The molecule has 1 aliphatic carbocycles. The van der Waals surface area contributed by atoms with Crippen LogP contribution >= 0.6 is 0 Å². The molecule has 0 spiro atoms. The molecular formula is C9H8O2U. The van der Waals surface area contributed by atoms with Crippen LogP contribution in [-0.4, -0.2) is 10.9 Å². The summed E-state index contributed by atoms with van der Waals surface area (Å²) in [4.78, 5) is 10.9. The number of carbonyl (C=O) groups is 1. The van der Waals surface area contributed by atoms with Crippen molar-refractivity contribution in [3.8, 4) is 0 Å². The summed E-state index contributed by atoms with van der Waals surface area (Å²) in [5.74, 6) is -0.218. The maximum atomic E-state index is 10.9. The minimum Gasteiger partial charge on any atom is -0.517 e. The van der Waals surface area contributed by atoms with Crippen LogP contribution in [0.2, 0.25) is 0 Å². The number of allylic oxidation sites excluding steroid dienone is 5. The van der Waals surface area contributed by atoms with Crippen LogP contribution in [0.25, 0.3) is 0 Å². The zero-order chi connectivity index (χ0) is 8.27. The van der Waals surface area contributed by atoms with E-state index >= 15 is 0 Å². The standard InChI is InChI=1S/C9H8O2.U/c1-2-7-3-4-9(11)8(5-7)6-10;/h4-6,10H,1-2H2;/q-2;+2. The van der Waals surface area contributed by atoms with E-state index in [0.717, 1.165) is 11.8 Å². The van der Waals surface area contributed by atoms with E-state index in [1.807, 2.05) is 0 Å². The van der Waals surface area contributed by atoms with Gasteiger partial charge in [0.1, 0.15) is 0 Å². The summed E-state index contributed by atoms with van der Waals surface area (Å²) in [5.41, 5.74) is 1.12. The topological polar surface area (TPSA) is 37.3 Å². The van der Waals surface area contributed by atoms with Crippen LogP contribution in [0.1, 0.15) is 6.42 Å². The van der Waals surface area contributed by atoms with Gasteiger partial charge in [-0.1, -0.05) is 5.57 Å². The van der Waals surface area contributed by atoms with Crippen molar-refractivity contribution >= 4 is 5.78 Å². The largest absolute Gasteiger partial charge is 2.00 e. The van der Waals surface area contributed by atoms with Crippen LogP contribution in [0.5, 0.6) is 0 Å². The monoisotopic (exact) mass is 386 g/mol. The molecule has 0 aromatic carbocycles. The second-order valence-electron chi connectivity index (χ2n) is 2.16. The zero-order valence-corrected chi connectivity index (χ0v) is 10.7. The molecule has 0 saturated carbocycles. The van der Waals surface area contributed by atoms with Crippen molar-refractivity contribution in [2.24, 2.45) is 0 Å². The molecule has 0 radical (unpaired) electrons. The van der Waals surface area contributed by atoms with Gasteiger partial charge in [-0.25, -0.2) is 0 Å². The van der Waals surface area contributed by atoms with Crippen molar-refractivity contribution in [3.63, 3.8) is 0 Å². The Bertz CT molecular complexity index is 262. The van der Waals surface area contributed by atoms with Crippen molar-refractivity contribution in [3.05, 3.63) is 42.6 Å². The average molecular weight is 386 g/mol. The number of ketones is 1. The molecule has 0 atom stereocenters. The van der Waals surface area contributed by atoms with Crippen LogP contribution in [0, 0.1) is 44.1 Å². The molecule has 12 heavy (non-hydrogen) atoms. The van der Waals surface area contributed by atoms with E-state index in [2.05, 4.69) is 13.0 Å². The van der Waals surface area contributed by atoms with Gasteiger partial charge in [0.25, 0.3) is 0 Å². The average Bonchev–Trinajstić information content (AvgIpc) is 2.05. The van der Waals surface area contributed by atoms with Crippen LogP contribution in [0.4, 0.5) is 0 Å². The molecule has 1 N–H and O–H groups in total. The van der Waals surface area contributed by atoms with E-state index in [0.29, 0.717) is 12.0 Å². The molecule has 0 aliphatic heterocycles. The molecule has 0 amide bonds. The number of aliphatic hydroxyl groups excluding tert-OH is 1. The summed E-state index contributed by atoms with van der Waals surface area (Å²) in [6.45, 7) is 3.63. The van der Waals surface area contributed by atoms with E-state index < -0.39 is 0 Å². The minimum atomic E-state index is -0.218. The van der Waals surface area contributed by atoms with Gasteiger partial charge in [0.05, 0.1) is 12.0 Å². The van der Waals surface area contributed by atoms with Gasteiger partial charge in [0.2, 0.25) is 0 Å². The van der Waals surface area contributed by atoms with E-state index in [1.54, 1.807) is 6.08 Å². The summed E-state index contributed by atoms with van der Waals surface area (Å²) < 4.78 is 0. The van der Waals surface area contributed by atoms with Gasteiger partial charge >= 0.3 is 31.1 Å². The summed E-state index contributed by atoms with van der Waals surface area (Å²) in [6, 6.07) is 0. The third-order valence-corrected chi connectivity index (χ3v) is 1.41. The fraction of sp³-hybridized carbons (Fsp3) is 0.111. The second kappa shape index (κ2) is 5.40. The molecule has 1 aliphatic rings. The van der Waals surface area contributed by atoms with Crippen LogP contribution in [0.15, 0.2) is 29.6 Å². The predicted octanol–water partition coefficient (Wildman–Crippen LogP) is 1.52. The van der Waals surface area contributed by atoms with Gasteiger partial charge in [0.15, 0.2) is 0 Å². The second-order valence-corrected chi connectivity index (χ2v) is 2.16. The Balaban J connectivity index is 0.00000121. The third-order valence-electron chi connectivity index (χ3n) is 1.41. The molecule has 1 rings (SSSR count). The molecular weight excluding hydrogens is 378 g/mol. The molecule has 2 nitrogen and oxygen atoms in total. The molecule has 0 aromatic heterocycles. The van der Waals surface area contributed by atoms with E-state index in [1.165, 1.54) is 6.08 Å². The first-order chi connectivity index (χ1) is 5.27. The van der Waals surface area contributed by atoms with Crippen molar-refractivity contribution in [2.75, 3.05) is 0 Å². The van der Waals surface area contributed by atoms with E-state index in [-0.39, 0.29) is 36.9 Å². The van der Waals surface area contributed by atoms with Gasteiger partial charge in [-0.3, -0.25) is 0 Å². The molecule has 3 heteroatoms. The summed E-state index contributed by atoms with van der Waals surface area (Å²) in [5, 5.41) is 8.58. The van der Waals surface area contributed by atoms with Gasteiger partial charge in [-0.05, 0) is 0 Å². The summed E-state index contributed by atoms with van der Waals surface area (Å²) >= 11 is 0. The van der Waals surface area contributed by atoms with Gasteiger partial charge in [-0.2, -0.15) is 24.1 Å². The van der Waals surface area contributed by atoms with Crippen molar-refractivity contribution in [2.45, 2.75) is 6.42 Å². The maximum absolute atomic E-state index is 10.9. The van der Waals surface area contributed by atoms with Crippen LogP contribution < -0.4 is 0 Å². The van der Waals surface area contributed by atoms with E-state index in [4.69, 9.17) is 5.11 Å². The van der Waals surface area contributed by atoms with Gasteiger partial charge < -0.3 is 16.8 Å². The van der Waals surface area contributed by atoms with Crippen LogP contribution in [0.3, 0.4) is 0 Å². The normalized spacial score (nSPS) is 18.9. The zero-order valence-electron chi connectivity index (χ0n) is 6.50. The molecule has 0 aromatic rings. The Morgan fingerprint density at radius 3 is 2.83 bits per heavy atom. The maximum Gasteiger partial charge on any atom is 2.00 e. The fourth-order valence-corrected chi connectivity index (χ4v) is 0.787. The molecule has 0 fully saturated rings.